The summed E-state index contributed by atoms with van der Waals surface area (Å²) in [5.74, 6) is -0.824. The summed E-state index contributed by atoms with van der Waals surface area (Å²) in [6, 6.07) is 2.03. The molecule has 0 spiro atoms. The monoisotopic (exact) mass is 389 g/mol. The van der Waals surface area contributed by atoms with Gasteiger partial charge in [0.05, 0.1) is 5.39 Å². The van der Waals surface area contributed by atoms with Gasteiger partial charge in [0.25, 0.3) is 5.91 Å². The van der Waals surface area contributed by atoms with Crippen LogP contribution in [0.25, 0.3) is 11.0 Å². The Bertz CT molecular complexity index is 1010. The zero-order valence-corrected chi connectivity index (χ0v) is 16.3. The van der Waals surface area contributed by atoms with E-state index in [0.29, 0.717) is 34.5 Å². The Balaban J connectivity index is 1.99. The number of rotatable bonds is 5. The van der Waals surface area contributed by atoms with E-state index in [1.165, 1.54) is 13.0 Å². The molecule has 3 rings (SSSR count). The number of carboxylic acids is 1. The number of aliphatic carboxylic acids is 1. The summed E-state index contributed by atoms with van der Waals surface area (Å²) in [5, 5.41) is 11.8. The molecule has 1 aliphatic heterocycles. The fourth-order valence-electron chi connectivity index (χ4n) is 3.22. The molecule has 0 radical (unpaired) electrons. The van der Waals surface area contributed by atoms with E-state index in [0.717, 1.165) is 12.0 Å². The van der Waals surface area contributed by atoms with Crippen LogP contribution in [0.2, 0.25) is 0 Å². The lowest BCUT2D eigenvalue weighted by Gasteiger charge is -2.33. The summed E-state index contributed by atoms with van der Waals surface area (Å²) in [7, 11) is 0. The molecule has 8 heteroatoms. The molecule has 0 saturated carbocycles. The number of hydrogen-bond donors (Lipinski definition) is 2. The normalized spacial score (nSPS) is 16.0. The Morgan fingerprint density at radius 2 is 2.07 bits per heavy atom. The molecule has 1 aromatic heterocycles. The van der Waals surface area contributed by atoms with Crippen LogP contribution in [-0.2, 0) is 16.0 Å². The van der Waals surface area contributed by atoms with Crippen molar-refractivity contribution in [1.29, 1.82) is 0 Å². The van der Waals surface area contributed by atoms with Gasteiger partial charge in [-0.2, -0.15) is 0 Å². The molecule has 0 fully saturated rings. The largest absolute Gasteiger partial charge is 0.487 e. The van der Waals surface area contributed by atoms with E-state index in [9.17, 15) is 14.4 Å². The molecule has 2 aromatic rings. The second-order valence-corrected chi connectivity index (χ2v) is 7.58. The Morgan fingerprint density at radius 3 is 2.75 bits per heavy atom. The van der Waals surface area contributed by atoms with Crippen molar-refractivity contribution < 1.29 is 28.6 Å². The zero-order valence-electron chi connectivity index (χ0n) is 16.3. The number of benzene rings is 1. The van der Waals surface area contributed by atoms with Crippen LogP contribution in [0.15, 0.2) is 21.3 Å². The first-order chi connectivity index (χ1) is 13.1. The van der Waals surface area contributed by atoms with Crippen molar-refractivity contribution in [2.45, 2.75) is 52.2 Å². The van der Waals surface area contributed by atoms with Crippen molar-refractivity contribution in [3.05, 3.63) is 33.7 Å². The average Bonchev–Trinajstić information content (AvgIpc) is 2.57. The predicted octanol–water partition coefficient (Wildman–Crippen LogP) is 2.17. The van der Waals surface area contributed by atoms with Crippen LogP contribution in [-0.4, -0.2) is 35.2 Å². The summed E-state index contributed by atoms with van der Waals surface area (Å²) >= 11 is 0. The van der Waals surface area contributed by atoms with Gasteiger partial charge >= 0.3 is 11.6 Å². The van der Waals surface area contributed by atoms with Gasteiger partial charge in [-0.3, -0.25) is 9.59 Å². The van der Waals surface area contributed by atoms with Crippen LogP contribution in [0.4, 0.5) is 0 Å². The van der Waals surface area contributed by atoms with Gasteiger partial charge in [-0.25, -0.2) is 4.79 Å². The van der Waals surface area contributed by atoms with E-state index in [1.807, 2.05) is 13.8 Å². The summed E-state index contributed by atoms with van der Waals surface area (Å²) < 4.78 is 17.2. The third kappa shape index (κ3) is 3.95. The molecular formula is C20H23NO7. The van der Waals surface area contributed by atoms with E-state index in [-0.39, 0.29) is 12.2 Å². The van der Waals surface area contributed by atoms with E-state index < -0.39 is 23.5 Å². The highest BCUT2D eigenvalue weighted by molar-refractivity contribution is 5.92. The molecular weight excluding hydrogens is 366 g/mol. The summed E-state index contributed by atoms with van der Waals surface area (Å²) in [4.78, 5) is 34.8. The Morgan fingerprint density at radius 1 is 1.36 bits per heavy atom. The van der Waals surface area contributed by atoms with Crippen molar-refractivity contribution in [3.8, 4) is 11.5 Å². The summed E-state index contributed by atoms with van der Waals surface area (Å²) in [6.45, 7) is 6.68. The number of fused-ring (bicyclic) bond motifs is 3. The van der Waals surface area contributed by atoms with Gasteiger partial charge in [0.1, 0.15) is 28.7 Å². The molecule has 150 valence electrons. The van der Waals surface area contributed by atoms with Crippen molar-refractivity contribution in [3.63, 3.8) is 0 Å². The van der Waals surface area contributed by atoms with E-state index in [1.54, 1.807) is 13.0 Å². The van der Waals surface area contributed by atoms with Gasteiger partial charge in [0.2, 0.25) is 0 Å². The van der Waals surface area contributed by atoms with E-state index in [4.69, 9.17) is 19.0 Å². The molecule has 0 saturated heterocycles. The fraction of sp³-hybridized carbons (Fsp3) is 0.450. The highest BCUT2D eigenvalue weighted by Crippen LogP contribution is 2.42. The van der Waals surface area contributed by atoms with Gasteiger partial charge in [0.15, 0.2) is 6.61 Å². The van der Waals surface area contributed by atoms with Gasteiger partial charge < -0.3 is 24.3 Å². The molecule has 2 heterocycles. The Labute approximate surface area is 161 Å². The lowest BCUT2D eigenvalue weighted by atomic mass is 9.92. The molecule has 0 aliphatic carbocycles. The molecule has 2 N–H and O–H groups in total. The first-order valence-corrected chi connectivity index (χ1v) is 9.02. The standard InChI is InChI=1S/C20H23NO7/c1-10-7-16(23)27-18-12-5-6-20(3,4)28-13(12)8-14(17(10)18)26-9-15(22)21-11(2)19(24)25/h7-8,11H,5-6,9H2,1-4H3,(H,21,22)(H,24,25)/t11-/m1/s1. The maximum Gasteiger partial charge on any atom is 0.336 e. The molecule has 1 aliphatic rings. The second-order valence-electron chi connectivity index (χ2n) is 7.58. The first kappa shape index (κ1) is 19.7. The minimum atomic E-state index is -1.14. The average molecular weight is 389 g/mol. The van der Waals surface area contributed by atoms with Crippen LogP contribution in [0.1, 0.15) is 38.3 Å². The molecule has 0 bridgehead atoms. The van der Waals surface area contributed by atoms with E-state index >= 15 is 0 Å². The molecule has 1 amide bonds. The van der Waals surface area contributed by atoms with Crippen LogP contribution in [0.5, 0.6) is 11.5 Å². The smallest absolute Gasteiger partial charge is 0.336 e. The highest BCUT2D eigenvalue weighted by atomic mass is 16.5. The fourth-order valence-corrected chi connectivity index (χ4v) is 3.22. The highest BCUT2D eigenvalue weighted by Gasteiger charge is 2.30. The molecule has 1 aromatic carbocycles. The molecule has 1 atom stereocenters. The number of carbonyl (C=O) groups is 2. The molecule has 0 unspecified atom stereocenters. The SMILES string of the molecule is Cc1cc(=O)oc2c3c(cc(OCC(=O)N[C@H](C)C(=O)O)c12)OC(C)(C)CC3. The summed E-state index contributed by atoms with van der Waals surface area (Å²) in [5.41, 5.74) is 1.00. The number of hydrogen-bond acceptors (Lipinski definition) is 6. The number of aryl methyl sites for hydroxylation is 2. The predicted molar refractivity (Wildman–Crippen MR) is 101 cm³/mol. The minimum Gasteiger partial charge on any atom is -0.487 e. The van der Waals surface area contributed by atoms with Gasteiger partial charge in [0, 0.05) is 17.7 Å². The maximum absolute atomic E-state index is 12.0. The first-order valence-electron chi connectivity index (χ1n) is 9.02. The molecule has 28 heavy (non-hydrogen) atoms. The number of nitrogens with one attached hydrogen (secondary N) is 1. The van der Waals surface area contributed by atoms with Crippen LogP contribution < -0.4 is 20.4 Å². The Hall–Kier alpha value is -3.03. The number of ether oxygens (including phenoxy) is 2. The van der Waals surface area contributed by atoms with Crippen molar-refractivity contribution >= 4 is 22.8 Å². The third-order valence-corrected chi connectivity index (χ3v) is 4.71. The quantitative estimate of drug-likeness (QED) is 0.753. The van der Waals surface area contributed by atoms with Crippen molar-refractivity contribution in [2.75, 3.05) is 6.61 Å². The lowest BCUT2D eigenvalue weighted by Crippen LogP contribution is -2.40. The van der Waals surface area contributed by atoms with Crippen molar-refractivity contribution in [1.82, 2.24) is 5.32 Å². The summed E-state index contributed by atoms with van der Waals surface area (Å²) in [6.07, 6.45) is 1.45. The van der Waals surface area contributed by atoms with Gasteiger partial charge in [-0.15, -0.1) is 0 Å². The molecule has 8 nitrogen and oxygen atoms in total. The van der Waals surface area contributed by atoms with Gasteiger partial charge in [-0.1, -0.05) is 0 Å². The number of amides is 1. The second kappa shape index (κ2) is 7.18. The minimum absolute atomic E-state index is 0.339. The zero-order chi connectivity index (χ0) is 20.6. The van der Waals surface area contributed by atoms with E-state index in [2.05, 4.69) is 5.32 Å². The number of carboxylic acid groups (broad SMARTS) is 1. The maximum atomic E-state index is 12.0. The van der Waals surface area contributed by atoms with Crippen LogP contribution in [0.3, 0.4) is 0 Å². The number of carbonyl (C=O) groups excluding carboxylic acids is 1. The van der Waals surface area contributed by atoms with Crippen LogP contribution >= 0.6 is 0 Å². The lowest BCUT2D eigenvalue weighted by molar-refractivity contribution is -0.141. The Kier molecular flexibility index (Phi) is 5.06. The third-order valence-electron chi connectivity index (χ3n) is 4.71. The van der Waals surface area contributed by atoms with Gasteiger partial charge in [-0.05, 0) is 46.1 Å². The van der Waals surface area contributed by atoms with Crippen molar-refractivity contribution in [2.24, 2.45) is 0 Å². The van der Waals surface area contributed by atoms with Crippen LogP contribution in [0, 0.1) is 6.92 Å². The topological polar surface area (TPSA) is 115 Å².